The summed E-state index contributed by atoms with van der Waals surface area (Å²) in [5.41, 5.74) is 5.85. The molecule has 0 unspecified atom stereocenters. The standard InChI is InChI=1S/C14H12FN3O3/c15-11-6-8(13(16)19)1-2-12(11)18-7-10-5-9(14(20)21)3-4-17-10/h1-6,18H,7H2,(H2,16,19)(H,20,21). The molecule has 1 amide bonds. The number of primary amides is 1. The van der Waals surface area contributed by atoms with E-state index < -0.39 is 17.7 Å². The Labute approximate surface area is 119 Å². The number of rotatable bonds is 5. The second kappa shape index (κ2) is 6.00. The first-order valence-corrected chi connectivity index (χ1v) is 5.99. The number of nitrogens with one attached hydrogen (secondary N) is 1. The molecule has 21 heavy (non-hydrogen) atoms. The van der Waals surface area contributed by atoms with Gasteiger partial charge in [-0.05, 0) is 30.3 Å². The van der Waals surface area contributed by atoms with E-state index in [2.05, 4.69) is 10.3 Å². The van der Waals surface area contributed by atoms with Gasteiger partial charge in [-0.25, -0.2) is 9.18 Å². The van der Waals surface area contributed by atoms with Gasteiger partial charge >= 0.3 is 5.97 Å². The van der Waals surface area contributed by atoms with Crippen molar-refractivity contribution in [1.82, 2.24) is 4.98 Å². The van der Waals surface area contributed by atoms with Gasteiger partial charge in [-0.1, -0.05) is 0 Å². The van der Waals surface area contributed by atoms with Crippen LogP contribution in [0.15, 0.2) is 36.5 Å². The molecule has 1 aromatic heterocycles. The van der Waals surface area contributed by atoms with E-state index in [-0.39, 0.29) is 23.4 Å². The largest absolute Gasteiger partial charge is 0.478 e. The molecule has 4 N–H and O–H groups in total. The number of carbonyl (C=O) groups excluding carboxylic acids is 1. The van der Waals surface area contributed by atoms with Crippen molar-refractivity contribution in [2.45, 2.75) is 6.54 Å². The maximum absolute atomic E-state index is 13.7. The molecule has 108 valence electrons. The van der Waals surface area contributed by atoms with E-state index in [1.54, 1.807) is 0 Å². The van der Waals surface area contributed by atoms with Gasteiger partial charge in [0.15, 0.2) is 0 Å². The number of anilines is 1. The second-order valence-electron chi connectivity index (χ2n) is 4.25. The smallest absolute Gasteiger partial charge is 0.335 e. The molecule has 0 aliphatic rings. The van der Waals surface area contributed by atoms with Crippen LogP contribution in [0.1, 0.15) is 26.4 Å². The number of carbonyl (C=O) groups is 2. The van der Waals surface area contributed by atoms with Crippen LogP contribution in [0, 0.1) is 5.82 Å². The van der Waals surface area contributed by atoms with Gasteiger partial charge in [-0.2, -0.15) is 0 Å². The molecule has 0 atom stereocenters. The third kappa shape index (κ3) is 3.53. The Morgan fingerprint density at radius 1 is 1.24 bits per heavy atom. The highest BCUT2D eigenvalue weighted by Crippen LogP contribution is 2.16. The molecule has 1 heterocycles. The highest BCUT2D eigenvalue weighted by atomic mass is 19.1. The third-order valence-corrected chi connectivity index (χ3v) is 2.78. The zero-order valence-electron chi connectivity index (χ0n) is 10.8. The van der Waals surface area contributed by atoms with Crippen LogP contribution in [0.4, 0.5) is 10.1 Å². The number of aromatic carboxylic acids is 1. The van der Waals surface area contributed by atoms with Gasteiger partial charge in [0.05, 0.1) is 23.5 Å². The lowest BCUT2D eigenvalue weighted by atomic mass is 10.2. The number of hydrogen-bond acceptors (Lipinski definition) is 4. The average molecular weight is 289 g/mol. The number of pyridine rings is 1. The summed E-state index contributed by atoms with van der Waals surface area (Å²) < 4.78 is 13.7. The second-order valence-corrected chi connectivity index (χ2v) is 4.25. The Hall–Kier alpha value is -2.96. The predicted octanol–water partition coefficient (Wildman–Crippen LogP) is 1.63. The lowest BCUT2D eigenvalue weighted by molar-refractivity contribution is 0.0696. The summed E-state index contributed by atoms with van der Waals surface area (Å²) in [5, 5.41) is 11.6. The highest BCUT2D eigenvalue weighted by Gasteiger charge is 2.08. The zero-order chi connectivity index (χ0) is 15.4. The van der Waals surface area contributed by atoms with Crippen LogP contribution < -0.4 is 11.1 Å². The lowest BCUT2D eigenvalue weighted by Crippen LogP contribution is -2.12. The van der Waals surface area contributed by atoms with Crippen LogP contribution in [0.5, 0.6) is 0 Å². The zero-order valence-corrected chi connectivity index (χ0v) is 10.8. The first-order chi connectivity index (χ1) is 9.97. The predicted molar refractivity (Wildman–Crippen MR) is 73.4 cm³/mol. The van der Waals surface area contributed by atoms with Crippen molar-refractivity contribution in [3.8, 4) is 0 Å². The van der Waals surface area contributed by atoms with E-state index in [9.17, 15) is 14.0 Å². The summed E-state index contributed by atoms with van der Waals surface area (Å²) in [6, 6.07) is 6.58. The molecule has 2 rings (SSSR count). The van der Waals surface area contributed by atoms with Crippen molar-refractivity contribution in [2.24, 2.45) is 5.73 Å². The highest BCUT2D eigenvalue weighted by molar-refractivity contribution is 5.93. The summed E-state index contributed by atoms with van der Waals surface area (Å²) >= 11 is 0. The summed E-state index contributed by atoms with van der Waals surface area (Å²) in [4.78, 5) is 25.7. The molecular weight excluding hydrogens is 277 g/mol. The molecule has 0 spiro atoms. The molecule has 0 radical (unpaired) electrons. The van der Waals surface area contributed by atoms with Crippen molar-refractivity contribution in [1.29, 1.82) is 0 Å². The van der Waals surface area contributed by atoms with E-state index in [0.717, 1.165) is 6.07 Å². The lowest BCUT2D eigenvalue weighted by Gasteiger charge is -2.08. The summed E-state index contributed by atoms with van der Waals surface area (Å²) in [6.45, 7) is 0.147. The minimum absolute atomic E-state index is 0.0732. The fraction of sp³-hybridized carbons (Fsp3) is 0.0714. The van der Waals surface area contributed by atoms with E-state index in [1.807, 2.05) is 0 Å². The van der Waals surface area contributed by atoms with E-state index >= 15 is 0 Å². The molecule has 0 bridgehead atoms. The summed E-state index contributed by atoms with van der Waals surface area (Å²) in [6.07, 6.45) is 1.37. The van der Waals surface area contributed by atoms with Gasteiger partial charge in [0.2, 0.25) is 5.91 Å². The van der Waals surface area contributed by atoms with E-state index in [0.29, 0.717) is 5.69 Å². The SMILES string of the molecule is NC(=O)c1ccc(NCc2cc(C(=O)O)ccn2)c(F)c1. The number of nitrogens with zero attached hydrogens (tertiary/aromatic N) is 1. The number of carboxylic acid groups (broad SMARTS) is 1. The van der Waals surface area contributed by atoms with Crippen LogP contribution in [-0.4, -0.2) is 22.0 Å². The fourth-order valence-corrected chi connectivity index (χ4v) is 1.71. The Morgan fingerprint density at radius 3 is 2.62 bits per heavy atom. The average Bonchev–Trinajstić information content (AvgIpc) is 2.46. The number of halogens is 1. The maximum atomic E-state index is 13.7. The normalized spacial score (nSPS) is 10.1. The first-order valence-electron chi connectivity index (χ1n) is 5.99. The summed E-state index contributed by atoms with van der Waals surface area (Å²) in [5.74, 6) is -2.40. The quantitative estimate of drug-likeness (QED) is 0.775. The Kier molecular flexibility index (Phi) is 4.13. The Bertz CT molecular complexity index is 704. The molecular formula is C14H12FN3O3. The molecule has 0 saturated heterocycles. The molecule has 0 aliphatic carbocycles. The van der Waals surface area contributed by atoms with E-state index in [1.165, 1.54) is 30.5 Å². The van der Waals surface area contributed by atoms with Crippen LogP contribution in [0.3, 0.4) is 0 Å². The van der Waals surface area contributed by atoms with Crippen molar-refractivity contribution in [3.63, 3.8) is 0 Å². The number of benzene rings is 1. The number of carboxylic acids is 1. The molecule has 1 aromatic carbocycles. The fourth-order valence-electron chi connectivity index (χ4n) is 1.71. The first kappa shape index (κ1) is 14.4. The van der Waals surface area contributed by atoms with Crippen molar-refractivity contribution >= 4 is 17.6 Å². The number of amides is 1. The van der Waals surface area contributed by atoms with Gasteiger partial charge < -0.3 is 16.2 Å². The molecule has 7 heteroatoms. The third-order valence-electron chi connectivity index (χ3n) is 2.78. The molecule has 0 aliphatic heterocycles. The topological polar surface area (TPSA) is 105 Å². The molecule has 6 nitrogen and oxygen atoms in total. The van der Waals surface area contributed by atoms with Crippen molar-refractivity contribution in [2.75, 3.05) is 5.32 Å². The Balaban J connectivity index is 2.11. The minimum atomic E-state index is -1.06. The number of nitrogens with two attached hydrogens (primary N) is 1. The van der Waals surface area contributed by atoms with Gasteiger partial charge in [-0.3, -0.25) is 9.78 Å². The van der Waals surface area contributed by atoms with Crippen LogP contribution in [0.25, 0.3) is 0 Å². The van der Waals surface area contributed by atoms with Gasteiger partial charge in [-0.15, -0.1) is 0 Å². The molecule has 0 fully saturated rings. The van der Waals surface area contributed by atoms with Gasteiger partial charge in [0.1, 0.15) is 5.82 Å². The Morgan fingerprint density at radius 2 is 2.00 bits per heavy atom. The maximum Gasteiger partial charge on any atom is 0.335 e. The molecule has 2 aromatic rings. The van der Waals surface area contributed by atoms with Crippen LogP contribution in [-0.2, 0) is 6.54 Å². The van der Waals surface area contributed by atoms with Gasteiger partial charge in [0.25, 0.3) is 0 Å². The monoisotopic (exact) mass is 289 g/mol. The van der Waals surface area contributed by atoms with E-state index in [4.69, 9.17) is 10.8 Å². The number of aromatic nitrogens is 1. The van der Waals surface area contributed by atoms with Crippen LogP contribution in [0.2, 0.25) is 0 Å². The van der Waals surface area contributed by atoms with Crippen molar-refractivity contribution in [3.05, 3.63) is 59.2 Å². The van der Waals surface area contributed by atoms with Crippen LogP contribution >= 0.6 is 0 Å². The molecule has 0 saturated carbocycles. The minimum Gasteiger partial charge on any atom is -0.478 e. The summed E-state index contributed by atoms with van der Waals surface area (Å²) in [7, 11) is 0. The van der Waals surface area contributed by atoms with Gasteiger partial charge in [0, 0.05) is 11.8 Å². The number of hydrogen-bond donors (Lipinski definition) is 3. The van der Waals surface area contributed by atoms with Crippen molar-refractivity contribution < 1.29 is 19.1 Å².